The van der Waals surface area contributed by atoms with Crippen molar-refractivity contribution in [3.63, 3.8) is 0 Å². The lowest BCUT2D eigenvalue weighted by molar-refractivity contribution is -0.0126. The molecule has 3 rings (SSSR count). The second kappa shape index (κ2) is 12.1. The minimum absolute atomic E-state index is 0.127. The Balaban J connectivity index is 1.95. The van der Waals surface area contributed by atoms with Crippen LogP contribution in [0.15, 0.2) is 36.4 Å². The Kier molecular flexibility index (Phi) is 9.11. The summed E-state index contributed by atoms with van der Waals surface area (Å²) in [6.45, 7) is 13.6. The summed E-state index contributed by atoms with van der Waals surface area (Å²) in [6, 6.07) is 11.8. The molecule has 0 bridgehead atoms. The van der Waals surface area contributed by atoms with Crippen molar-refractivity contribution in [1.29, 1.82) is 0 Å². The number of hydrogen-bond donors (Lipinski definition) is 0. The van der Waals surface area contributed by atoms with E-state index in [1.165, 1.54) is 7.11 Å². The van der Waals surface area contributed by atoms with Crippen LogP contribution in [0.4, 0.5) is 0 Å². The third kappa shape index (κ3) is 5.86. The van der Waals surface area contributed by atoms with Gasteiger partial charge in [0.1, 0.15) is 18.1 Å². The number of hydrogen-bond acceptors (Lipinski definition) is 6. The second-order valence-electron chi connectivity index (χ2n) is 9.23. The van der Waals surface area contributed by atoms with Gasteiger partial charge in [-0.15, -0.1) is 0 Å². The zero-order valence-electron chi connectivity index (χ0n) is 23.0. The molecule has 0 amide bonds. The van der Waals surface area contributed by atoms with Gasteiger partial charge in [-0.25, -0.2) is 9.59 Å². The quantitative estimate of drug-likeness (QED) is 0.184. The summed E-state index contributed by atoms with van der Waals surface area (Å²) in [7, 11) is 1.46. The van der Waals surface area contributed by atoms with E-state index in [2.05, 4.69) is 0 Å². The van der Waals surface area contributed by atoms with Crippen LogP contribution in [0.5, 0.6) is 11.5 Å². The Morgan fingerprint density at radius 2 is 1.43 bits per heavy atom. The van der Waals surface area contributed by atoms with Gasteiger partial charge >= 0.3 is 11.9 Å². The third-order valence-corrected chi connectivity index (χ3v) is 6.93. The van der Waals surface area contributed by atoms with E-state index in [1.54, 1.807) is 0 Å². The maximum atomic E-state index is 13.5. The minimum Gasteiger partial charge on any atom is -0.489 e. The number of carbonyl (C=O) groups excluding carboxylic acids is 2. The zero-order chi connectivity index (χ0) is 27.3. The Morgan fingerprint density at radius 3 is 2.05 bits per heavy atom. The minimum atomic E-state index is -0.457. The highest BCUT2D eigenvalue weighted by molar-refractivity contribution is 5.97. The highest BCUT2D eigenvalue weighted by atomic mass is 16.7. The van der Waals surface area contributed by atoms with E-state index in [0.717, 1.165) is 44.7 Å². The molecule has 0 aromatic heterocycles. The molecule has 3 aromatic carbocycles. The van der Waals surface area contributed by atoms with E-state index in [9.17, 15) is 9.59 Å². The van der Waals surface area contributed by atoms with Crippen LogP contribution < -0.4 is 9.47 Å². The molecule has 6 nitrogen and oxygen atoms in total. The molecule has 0 aliphatic carbocycles. The number of benzene rings is 3. The maximum absolute atomic E-state index is 13.5. The van der Waals surface area contributed by atoms with Crippen LogP contribution in [-0.4, -0.2) is 25.8 Å². The van der Waals surface area contributed by atoms with E-state index < -0.39 is 11.9 Å². The van der Waals surface area contributed by atoms with Gasteiger partial charge < -0.3 is 18.9 Å². The highest BCUT2D eigenvalue weighted by Crippen LogP contribution is 2.36. The molecule has 0 saturated heterocycles. The van der Waals surface area contributed by atoms with Crippen molar-refractivity contribution < 1.29 is 28.5 Å². The van der Waals surface area contributed by atoms with Crippen molar-refractivity contribution in [3.8, 4) is 11.5 Å². The fourth-order valence-corrected chi connectivity index (χ4v) is 4.63. The molecule has 196 valence electrons. The van der Waals surface area contributed by atoms with Crippen LogP contribution in [0.2, 0.25) is 0 Å². The van der Waals surface area contributed by atoms with E-state index in [4.69, 9.17) is 18.9 Å². The summed E-state index contributed by atoms with van der Waals surface area (Å²) in [6.07, 6.45) is 0.587. The van der Waals surface area contributed by atoms with Gasteiger partial charge in [0.25, 0.3) is 0 Å². The summed E-state index contributed by atoms with van der Waals surface area (Å²) in [5.74, 6) is 0.345. The van der Waals surface area contributed by atoms with E-state index in [1.807, 2.05) is 84.9 Å². The fraction of sp³-hybridized carbons (Fsp3) is 0.355. The molecule has 3 aromatic rings. The highest BCUT2D eigenvalue weighted by Gasteiger charge is 2.26. The summed E-state index contributed by atoms with van der Waals surface area (Å²) in [5, 5.41) is 0. The van der Waals surface area contributed by atoms with Crippen molar-refractivity contribution in [1.82, 2.24) is 0 Å². The normalized spacial score (nSPS) is 10.8. The van der Waals surface area contributed by atoms with Crippen LogP contribution in [0.25, 0.3) is 0 Å². The average molecular weight is 505 g/mol. The summed E-state index contributed by atoms with van der Waals surface area (Å²) in [4.78, 5) is 26.2. The van der Waals surface area contributed by atoms with Gasteiger partial charge in [0.2, 0.25) is 0 Å². The molecule has 6 heteroatoms. The molecule has 0 heterocycles. The number of carbonyl (C=O) groups is 2. The molecule has 0 atom stereocenters. The predicted octanol–water partition coefficient (Wildman–Crippen LogP) is 6.66. The summed E-state index contributed by atoms with van der Waals surface area (Å²) in [5.41, 5.74) is 7.55. The lowest BCUT2D eigenvalue weighted by atomic mass is 9.91. The molecule has 0 N–H and O–H groups in total. The Morgan fingerprint density at radius 1 is 0.784 bits per heavy atom. The van der Waals surface area contributed by atoms with E-state index in [-0.39, 0.29) is 6.79 Å². The first kappa shape index (κ1) is 27.9. The topological polar surface area (TPSA) is 71.1 Å². The lowest BCUT2D eigenvalue weighted by Gasteiger charge is -2.22. The molecule has 37 heavy (non-hydrogen) atoms. The number of rotatable bonds is 9. The number of methoxy groups -OCH3 is 1. The number of ether oxygens (including phenoxy) is 4. The van der Waals surface area contributed by atoms with Gasteiger partial charge in [-0.3, -0.25) is 0 Å². The van der Waals surface area contributed by atoms with E-state index in [0.29, 0.717) is 35.5 Å². The third-order valence-electron chi connectivity index (χ3n) is 6.93. The predicted molar refractivity (Wildman–Crippen MR) is 144 cm³/mol. The summed E-state index contributed by atoms with van der Waals surface area (Å²) >= 11 is 0. The maximum Gasteiger partial charge on any atom is 0.344 e. The monoisotopic (exact) mass is 504 g/mol. The van der Waals surface area contributed by atoms with Crippen LogP contribution in [-0.2, 0) is 22.5 Å². The van der Waals surface area contributed by atoms with Gasteiger partial charge in [-0.2, -0.15) is 0 Å². The molecular weight excluding hydrogens is 468 g/mol. The molecule has 0 saturated carbocycles. The first-order valence-electron chi connectivity index (χ1n) is 12.4. The SMILES string of the molecule is CCc1c(C)c(C(=O)OCOC)c(C)c(C)c1OC(=O)c1c(C)cc(OCc2ccccc2)c(C)c1C. The van der Waals surface area contributed by atoms with Gasteiger partial charge in [0.05, 0.1) is 11.1 Å². The van der Waals surface area contributed by atoms with Crippen molar-refractivity contribution in [3.05, 3.63) is 92.0 Å². The standard InChI is InChI=1S/C31H36O6/c1-9-25-23(7)28(30(32)36-17-34-8)21(5)22(6)29(25)37-31(33)27-18(2)15-26(19(3)20(27)4)35-16-24-13-11-10-12-14-24/h10-15H,9,16-17H2,1-8H3. The smallest absolute Gasteiger partial charge is 0.344 e. The number of esters is 2. The van der Waals surface area contributed by atoms with Crippen LogP contribution in [0, 0.1) is 41.5 Å². The van der Waals surface area contributed by atoms with Crippen molar-refractivity contribution >= 4 is 11.9 Å². The lowest BCUT2D eigenvalue weighted by Crippen LogP contribution is -2.18. The molecule has 0 unspecified atom stereocenters. The van der Waals surface area contributed by atoms with Crippen LogP contribution in [0.1, 0.15) is 72.1 Å². The van der Waals surface area contributed by atoms with Gasteiger partial charge in [-0.05, 0) is 98.5 Å². The zero-order valence-corrected chi connectivity index (χ0v) is 23.0. The first-order chi connectivity index (χ1) is 17.6. The largest absolute Gasteiger partial charge is 0.489 e. The molecule has 0 spiro atoms. The van der Waals surface area contributed by atoms with E-state index >= 15 is 0 Å². The van der Waals surface area contributed by atoms with Gasteiger partial charge in [0, 0.05) is 7.11 Å². The molecule has 0 aliphatic rings. The molecular formula is C31H36O6. The van der Waals surface area contributed by atoms with Crippen LogP contribution >= 0.6 is 0 Å². The Hall–Kier alpha value is -3.64. The fourth-order valence-electron chi connectivity index (χ4n) is 4.63. The second-order valence-corrected chi connectivity index (χ2v) is 9.23. The van der Waals surface area contributed by atoms with Gasteiger partial charge in [0.15, 0.2) is 6.79 Å². The average Bonchev–Trinajstić information content (AvgIpc) is 2.88. The first-order valence-corrected chi connectivity index (χ1v) is 12.4. The van der Waals surface area contributed by atoms with Crippen molar-refractivity contribution in [2.75, 3.05) is 13.9 Å². The molecule has 0 fully saturated rings. The van der Waals surface area contributed by atoms with Gasteiger partial charge in [-0.1, -0.05) is 37.3 Å². The summed E-state index contributed by atoms with van der Waals surface area (Å²) < 4.78 is 22.2. The van der Waals surface area contributed by atoms with Crippen molar-refractivity contribution in [2.45, 2.75) is 61.5 Å². The van der Waals surface area contributed by atoms with Crippen LogP contribution in [0.3, 0.4) is 0 Å². The van der Waals surface area contributed by atoms with Crippen molar-refractivity contribution in [2.24, 2.45) is 0 Å². The number of aryl methyl sites for hydroxylation is 1. The molecule has 0 radical (unpaired) electrons. The Bertz CT molecular complexity index is 1310. The Labute approximate surface area is 219 Å². The molecule has 0 aliphatic heterocycles.